The highest BCUT2D eigenvalue weighted by atomic mass is 16.5. The monoisotopic (exact) mass is 261 g/mol. The van der Waals surface area contributed by atoms with Gasteiger partial charge in [-0.25, -0.2) is 0 Å². The maximum absolute atomic E-state index is 6.32. The van der Waals surface area contributed by atoms with Crippen molar-refractivity contribution in [2.45, 2.75) is 64.5 Å². The molecule has 0 amide bonds. The average molecular weight is 261 g/mol. The Morgan fingerprint density at radius 3 is 2.74 bits per heavy atom. The molecular formula is C17H27NO. The molecule has 1 fully saturated rings. The molecule has 0 aromatic heterocycles. The maximum atomic E-state index is 6.32. The molecular weight excluding hydrogens is 234 g/mol. The summed E-state index contributed by atoms with van der Waals surface area (Å²) in [6.45, 7) is 5.51. The summed E-state index contributed by atoms with van der Waals surface area (Å²) >= 11 is 0. The second-order valence-electron chi connectivity index (χ2n) is 5.46. The van der Waals surface area contributed by atoms with E-state index in [1.807, 2.05) is 0 Å². The van der Waals surface area contributed by atoms with E-state index in [2.05, 4.69) is 43.4 Å². The molecule has 0 radical (unpaired) electrons. The number of aryl methyl sites for hydroxylation is 1. The summed E-state index contributed by atoms with van der Waals surface area (Å²) in [5.74, 6) is 1.08. The highest BCUT2D eigenvalue weighted by Crippen LogP contribution is 2.26. The van der Waals surface area contributed by atoms with Crippen LogP contribution < -0.4 is 10.1 Å². The number of para-hydroxylation sites is 1. The summed E-state index contributed by atoms with van der Waals surface area (Å²) in [4.78, 5) is 0. The van der Waals surface area contributed by atoms with E-state index in [0.717, 1.165) is 18.7 Å². The second-order valence-corrected chi connectivity index (χ2v) is 5.46. The SMILES string of the molecule is CCCNC1CCCCC1Oc1ccccc1CC. The highest BCUT2D eigenvalue weighted by Gasteiger charge is 2.26. The van der Waals surface area contributed by atoms with Crippen LogP contribution in [0.3, 0.4) is 0 Å². The van der Waals surface area contributed by atoms with E-state index in [4.69, 9.17) is 4.74 Å². The quantitative estimate of drug-likeness (QED) is 0.837. The van der Waals surface area contributed by atoms with Crippen LogP contribution in [0.25, 0.3) is 0 Å². The molecule has 1 aromatic carbocycles. The molecule has 1 saturated carbocycles. The molecule has 0 spiro atoms. The summed E-state index contributed by atoms with van der Waals surface area (Å²) in [6, 6.07) is 8.99. The first kappa shape index (κ1) is 14.4. The molecule has 1 N–H and O–H groups in total. The van der Waals surface area contributed by atoms with Gasteiger partial charge in [-0.1, -0.05) is 38.5 Å². The lowest BCUT2D eigenvalue weighted by Crippen LogP contribution is -2.45. The molecule has 2 atom stereocenters. The molecule has 2 heteroatoms. The van der Waals surface area contributed by atoms with Gasteiger partial charge in [-0.15, -0.1) is 0 Å². The summed E-state index contributed by atoms with van der Waals surface area (Å²) in [5.41, 5.74) is 1.32. The van der Waals surface area contributed by atoms with E-state index < -0.39 is 0 Å². The van der Waals surface area contributed by atoms with Crippen molar-refractivity contribution >= 4 is 0 Å². The van der Waals surface area contributed by atoms with Crippen LogP contribution in [0.2, 0.25) is 0 Å². The van der Waals surface area contributed by atoms with Crippen LogP contribution >= 0.6 is 0 Å². The van der Waals surface area contributed by atoms with E-state index >= 15 is 0 Å². The molecule has 2 rings (SSSR count). The van der Waals surface area contributed by atoms with Gasteiger partial charge in [-0.05, 0) is 50.3 Å². The zero-order valence-corrected chi connectivity index (χ0v) is 12.3. The Labute approximate surface area is 117 Å². The van der Waals surface area contributed by atoms with Crippen molar-refractivity contribution in [2.24, 2.45) is 0 Å². The molecule has 0 heterocycles. The predicted octanol–water partition coefficient (Wildman–Crippen LogP) is 3.94. The third-order valence-corrected chi connectivity index (χ3v) is 3.99. The molecule has 19 heavy (non-hydrogen) atoms. The van der Waals surface area contributed by atoms with Gasteiger partial charge in [0.2, 0.25) is 0 Å². The molecule has 1 aliphatic rings. The first-order chi connectivity index (χ1) is 9.35. The van der Waals surface area contributed by atoms with Crippen molar-refractivity contribution in [3.63, 3.8) is 0 Å². The minimum absolute atomic E-state index is 0.341. The van der Waals surface area contributed by atoms with Crippen LogP contribution in [0.4, 0.5) is 0 Å². The Morgan fingerprint density at radius 2 is 1.95 bits per heavy atom. The summed E-state index contributed by atoms with van der Waals surface area (Å²) in [7, 11) is 0. The van der Waals surface area contributed by atoms with Crippen LogP contribution in [-0.2, 0) is 6.42 Å². The molecule has 0 bridgehead atoms. The molecule has 2 unspecified atom stereocenters. The molecule has 0 saturated heterocycles. The number of rotatable bonds is 6. The van der Waals surface area contributed by atoms with Gasteiger partial charge in [-0.3, -0.25) is 0 Å². The van der Waals surface area contributed by atoms with Crippen LogP contribution in [-0.4, -0.2) is 18.7 Å². The Kier molecular flexibility index (Phi) is 5.71. The largest absolute Gasteiger partial charge is 0.489 e. The van der Waals surface area contributed by atoms with E-state index in [1.165, 1.54) is 37.7 Å². The standard InChI is InChI=1S/C17H27NO/c1-3-13-18-15-10-6-8-12-17(15)19-16-11-7-5-9-14(16)4-2/h5,7,9,11,15,17-18H,3-4,6,8,10,12-13H2,1-2H3. The van der Waals surface area contributed by atoms with Gasteiger partial charge in [0.05, 0.1) is 0 Å². The Balaban J connectivity index is 2.02. The van der Waals surface area contributed by atoms with E-state index in [0.29, 0.717) is 12.1 Å². The van der Waals surface area contributed by atoms with Crippen molar-refractivity contribution in [2.75, 3.05) is 6.54 Å². The van der Waals surface area contributed by atoms with Gasteiger partial charge in [-0.2, -0.15) is 0 Å². The first-order valence-corrected chi connectivity index (χ1v) is 7.83. The van der Waals surface area contributed by atoms with E-state index in [1.54, 1.807) is 0 Å². The number of hydrogen-bond acceptors (Lipinski definition) is 2. The lowest BCUT2D eigenvalue weighted by atomic mass is 9.92. The lowest BCUT2D eigenvalue weighted by Gasteiger charge is -2.33. The van der Waals surface area contributed by atoms with E-state index in [-0.39, 0.29) is 0 Å². The lowest BCUT2D eigenvalue weighted by molar-refractivity contribution is 0.113. The van der Waals surface area contributed by atoms with Crippen LogP contribution in [0, 0.1) is 0 Å². The third kappa shape index (κ3) is 3.97. The third-order valence-electron chi connectivity index (χ3n) is 3.99. The number of ether oxygens (including phenoxy) is 1. The van der Waals surface area contributed by atoms with Gasteiger partial charge in [0.25, 0.3) is 0 Å². The summed E-state index contributed by atoms with van der Waals surface area (Å²) in [6.07, 6.45) is 7.62. The molecule has 1 aliphatic carbocycles. The molecule has 2 nitrogen and oxygen atoms in total. The Bertz CT molecular complexity index is 377. The normalized spacial score (nSPS) is 23.3. The van der Waals surface area contributed by atoms with Crippen molar-refractivity contribution in [3.8, 4) is 5.75 Å². The Hall–Kier alpha value is -1.02. The van der Waals surface area contributed by atoms with Crippen LogP contribution in [0.5, 0.6) is 5.75 Å². The Morgan fingerprint density at radius 1 is 1.16 bits per heavy atom. The van der Waals surface area contributed by atoms with Crippen LogP contribution in [0.1, 0.15) is 51.5 Å². The van der Waals surface area contributed by atoms with Gasteiger partial charge >= 0.3 is 0 Å². The van der Waals surface area contributed by atoms with Crippen molar-refractivity contribution in [1.29, 1.82) is 0 Å². The van der Waals surface area contributed by atoms with Crippen LogP contribution in [0.15, 0.2) is 24.3 Å². The molecule has 0 aliphatic heterocycles. The molecule has 1 aromatic rings. The van der Waals surface area contributed by atoms with Crippen molar-refractivity contribution in [3.05, 3.63) is 29.8 Å². The zero-order valence-electron chi connectivity index (χ0n) is 12.3. The minimum atomic E-state index is 0.341. The zero-order chi connectivity index (χ0) is 13.5. The second kappa shape index (κ2) is 7.54. The fourth-order valence-electron chi connectivity index (χ4n) is 2.88. The number of nitrogens with one attached hydrogen (secondary N) is 1. The van der Waals surface area contributed by atoms with E-state index in [9.17, 15) is 0 Å². The fourth-order valence-corrected chi connectivity index (χ4v) is 2.88. The predicted molar refractivity (Wildman–Crippen MR) is 80.8 cm³/mol. The fraction of sp³-hybridized carbons (Fsp3) is 0.647. The minimum Gasteiger partial charge on any atom is -0.489 e. The topological polar surface area (TPSA) is 21.3 Å². The average Bonchev–Trinajstić information content (AvgIpc) is 2.47. The number of hydrogen-bond donors (Lipinski definition) is 1. The summed E-state index contributed by atoms with van der Waals surface area (Å²) < 4.78 is 6.32. The summed E-state index contributed by atoms with van der Waals surface area (Å²) in [5, 5.41) is 3.65. The smallest absolute Gasteiger partial charge is 0.122 e. The van der Waals surface area contributed by atoms with Gasteiger partial charge < -0.3 is 10.1 Å². The van der Waals surface area contributed by atoms with Crippen molar-refractivity contribution in [1.82, 2.24) is 5.32 Å². The maximum Gasteiger partial charge on any atom is 0.122 e. The van der Waals surface area contributed by atoms with Gasteiger partial charge in [0, 0.05) is 6.04 Å². The molecule has 106 valence electrons. The van der Waals surface area contributed by atoms with Crippen molar-refractivity contribution < 1.29 is 4.74 Å². The first-order valence-electron chi connectivity index (χ1n) is 7.83. The van der Waals surface area contributed by atoms with Gasteiger partial charge in [0.1, 0.15) is 11.9 Å². The van der Waals surface area contributed by atoms with Gasteiger partial charge in [0.15, 0.2) is 0 Å². The number of benzene rings is 1. The highest BCUT2D eigenvalue weighted by molar-refractivity contribution is 5.33.